The van der Waals surface area contributed by atoms with Crippen LogP contribution in [0.4, 0.5) is 10.5 Å². The third-order valence-corrected chi connectivity index (χ3v) is 7.52. The number of amides is 3. The second kappa shape index (κ2) is 13.5. The molecule has 9 nitrogen and oxygen atoms in total. The fourth-order valence-electron chi connectivity index (χ4n) is 5.44. The van der Waals surface area contributed by atoms with Crippen LogP contribution in [0.1, 0.15) is 79.1 Å². The van der Waals surface area contributed by atoms with Crippen LogP contribution in [0.3, 0.4) is 0 Å². The summed E-state index contributed by atoms with van der Waals surface area (Å²) in [4.78, 5) is 42.9. The molecule has 3 unspecified atom stereocenters. The topological polar surface area (TPSA) is 97.4 Å². The molecule has 2 heterocycles. The lowest BCUT2D eigenvalue weighted by molar-refractivity contribution is -0.168. The molecule has 2 saturated heterocycles. The minimum atomic E-state index is -0.906. The van der Waals surface area contributed by atoms with E-state index in [2.05, 4.69) is 18.3 Å². The van der Waals surface area contributed by atoms with Gasteiger partial charge in [0.15, 0.2) is 0 Å². The van der Waals surface area contributed by atoms with E-state index >= 15 is 0 Å². The Labute approximate surface area is 238 Å². The fraction of sp³-hybridized carbons (Fsp3) is 0.645. The third-order valence-electron chi connectivity index (χ3n) is 7.52. The second-order valence-corrected chi connectivity index (χ2v) is 12.0. The summed E-state index contributed by atoms with van der Waals surface area (Å²) < 4.78 is 17.5. The SMILES string of the molecule is CCCCOc1ccc(NC(=O)CC2OC3CN(C(=O)OC(C)(C)C)CC3N(CCC3=CCCCC3)C2=O)cc1. The van der Waals surface area contributed by atoms with Crippen LogP contribution in [-0.4, -0.2) is 77.8 Å². The van der Waals surface area contributed by atoms with Crippen molar-refractivity contribution in [1.82, 2.24) is 9.80 Å². The Morgan fingerprint density at radius 3 is 2.58 bits per heavy atom. The van der Waals surface area contributed by atoms with Gasteiger partial charge >= 0.3 is 6.09 Å². The Kier molecular flexibility index (Phi) is 10.1. The molecule has 0 saturated carbocycles. The van der Waals surface area contributed by atoms with Crippen LogP contribution in [0.15, 0.2) is 35.9 Å². The highest BCUT2D eigenvalue weighted by Gasteiger charge is 2.49. The lowest BCUT2D eigenvalue weighted by atomic mass is 9.96. The number of anilines is 1. The number of hydrogen-bond acceptors (Lipinski definition) is 6. The summed E-state index contributed by atoms with van der Waals surface area (Å²) >= 11 is 0. The van der Waals surface area contributed by atoms with E-state index in [1.807, 2.05) is 37.8 Å². The van der Waals surface area contributed by atoms with Crippen molar-refractivity contribution in [3.05, 3.63) is 35.9 Å². The summed E-state index contributed by atoms with van der Waals surface area (Å²) in [5, 5.41) is 2.88. The molecule has 0 spiro atoms. The maximum atomic E-state index is 13.7. The largest absolute Gasteiger partial charge is 0.494 e. The fourth-order valence-corrected chi connectivity index (χ4v) is 5.44. The van der Waals surface area contributed by atoms with Gasteiger partial charge in [-0.2, -0.15) is 0 Å². The van der Waals surface area contributed by atoms with Gasteiger partial charge in [0.1, 0.15) is 17.5 Å². The number of hydrogen-bond donors (Lipinski definition) is 1. The number of carbonyl (C=O) groups excluding carboxylic acids is 3. The Balaban J connectivity index is 1.40. The number of fused-ring (bicyclic) bond motifs is 1. The van der Waals surface area contributed by atoms with Crippen molar-refractivity contribution in [3.63, 3.8) is 0 Å². The Morgan fingerprint density at radius 1 is 1.12 bits per heavy atom. The van der Waals surface area contributed by atoms with E-state index < -0.39 is 17.8 Å². The first-order chi connectivity index (χ1) is 19.1. The molecule has 9 heteroatoms. The number of likely N-dealkylation sites (tertiary alicyclic amines) is 1. The van der Waals surface area contributed by atoms with E-state index in [9.17, 15) is 14.4 Å². The minimum Gasteiger partial charge on any atom is -0.494 e. The van der Waals surface area contributed by atoms with E-state index in [-0.39, 0.29) is 30.4 Å². The van der Waals surface area contributed by atoms with Crippen molar-refractivity contribution in [2.75, 3.05) is 31.6 Å². The normalized spacial score (nSPS) is 22.9. The Hall–Kier alpha value is -3.07. The van der Waals surface area contributed by atoms with Gasteiger partial charge in [-0.3, -0.25) is 9.59 Å². The summed E-state index contributed by atoms with van der Waals surface area (Å²) in [6, 6.07) is 6.97. The summed E-state index contributed by atoms with van der Waals surface area (Å²) in [5.41, 5.74) is 1.39. The molecule has 0 bridgehead atoms. The standard InChI is InChI=1S/C31H45N3O6/c1-5-6-18-38-24-14-12-23(13-15-24)32-28(35)19-26-29(36)34(17-16-22-10-8-7-9-11-22)25-20-33(21-27(25)39-26)30(37)40-31(2,3)4/h10,12-15,25-27H,5-9,11,16-21H2,1-4H3,(H,32,35). The molecule has 3 amide bonds. The van der Waals surface area contributed by atoms with Gasteiger partial charge in [0.05, 0.1) is 31.7 Å². The number of morpholine rings is 1. The number of allylic oxidation sites excluding steroid dienone is 1. The number of carbonyl (C=O) groups is 3. The van der Waals surface area contributed by atoms with E-state index in [0.29, 0.717) is 31.9 Å². The molecule has 1 aromatic rings. The first-order valence-corrected chi connectivity index (χ1v) is 14.8. The zero-order valence-corrected chi connectivity index (χ0v) is 24.4. The molecule has 40 heavy (non-hydrogen) atoms. The van der Waals surface area contributed by atoms with Crippen LogP contribution in [-0.2, 0) is 19.1 Å². The molecule has 3 atom stereocenters. The molecule has 0 radical (unpaired) electrons. The number of nitrogens with one attached hydrogen (secondary N) is 1. The number of benzene rings is 1. The quantitative estimate of drug-likeness (QED) is 0.311. The molecule has 3 aliphatic rings. The van der Waals surface area contributed by atoms with E-state index in [1.54, 1.807) is 17.0 Å². The summed E-state index contributed by atoms with van der Waals surface area (Å²) in [5.74, 6) is 0.259. The molecule has 4 rings (SSSR count). The van der Waals surface area contributed by atoms with Gasteiger partial charge in [-0.05, 0) is 83.6 Å². The van der Waals surface area contributed by atoms with Crippen LogP contribution in [0.5, 0.6) is 5.75 Å². The molecule has 1 N–H and O–H groups in total. The number of ether oxygens (including phenoxy) is 3. The maximum absolute atomic E-state index is 13.7. The average molecular weight is 556 g/mol. The van der Waals surface area contributed by atoms with Crippen LogP contribution >= 0.6 is 0 Å². The van der Waals surface area contributed by atoms with E-state index in [1.165, 1.54) is 18.4 Å². The maximum Gasteiger partial charge on any atom is 0.410 e. The molecule has 220 valence electrons. The molecule has 1 aromatic carbocycles. The molecule has 0 aromatic heterocycles. The number of nitrogens with zero attached hydrogens (tertiary/aromatic N) is 2. The van der Waals surface area contributed by atoms with Crippen LogP contribution in [0.25, 0.3) is 0 Å². The van der Waals surface area contributed by atoms with Gasteiger partial charge in [-0.1, -0.05) is 25.0 Å². The summed E-state index contributed by atoms with van der Waals surface area (Å²) in [6.45, 7) is 9.50. The van der Waals surface area contributed by atoms with Crippen molar-refractivity contribution >= 4 is 23.6 Å². The van der Waals surface area contributed by atoms with Gasteiger partial charge in [-0.25, -0.2) is 4.79 Å². The molecular formula is C31H45N3O6. The van der Waals surface area contributed by atoms with Gasteiger partial charge in [0.25, 0.3) is 5.91 Å². The van der Waals surface area contributed by atoms with Crippen LogP contribution in [0.2, 0.25) is 0 Å². The van der Waals surface area contributed by atoms with Crippen molar-refractivity contribution in [2.24, 2.45) is 0 Å². The zero-order chi connectivity index (χ0) is 28.7. The highest BCUT2D eigenvalue weighted by Crippen LogP contribution is 2.31. The second-order valence-electron chi connectivity index (χ2n) is 12.0. The average Bonchev–Trinajstić information content (AvgIpc) is 3.33. The molecule has 2 fully saturated rings. The number of rotatable bonds is 10. The van der Waals surface area contributed by atoms with Crippen molar-refractivity contribution in [2.45, 2.75) is 103 Å². The number of unbranched alkanes of at least 4 members (excludes halogenated alkanes) is 1. The summed E-state index contributed by atoms with van der Waals surface area (Å²) in [7, 11) is 0. The van der Waals surface area contributed by atoms with Crippen LogP contribution < -0.4 is 10.1 Å². The van der Waals surface area contributed by atoms with Crippen LogP contribution in [0, 0.1) is 0 Å². The Bertz CT molecular complexity index is 1060. The first-order valence-electron chi connectivity index (χ1n) is 14.8. The summed E-state index contributed by atoms with van der Waals surface area (Å²) in [6.07, 6.45) is 7.88. The predicted molar refractivity (Wildman–Crippen MR) is 153 cm³/mol. The van der Waals surface area contributed by atoms with Crippen molar-refractivity contribution < 1.29 is 28.6 Å². The first kappa shape index (κ1) is 29.9. The van der Waals surface area contributed by atoms with E-state index in [0.717, 1.165) is 37.9 Å². The van der Waals surface area contributed by atoms with Gasteiger partial charge in [0.2, 0.25) is 5.91 Å². The highest BCUT2D eigenvalue weighted by atomic mass is 16.6. The molecule has 1 aliphatic carbocycles. The smallest absolute Gasteiger partial charge is 0.410 e. The van der Waals surface area contributed by atoms with E-state index in [4.69, 9.17) is 14.2 Å². The lowest BCUT2D eigenvalue weighted by Crippen LogP contribution is -2.58. The highest BCUT2D eigenvalue weighted by molar-refractivity contribution is 5.95. The monoisotopic (exact) mass is 555 g/mol. The van der Waals surface area contributed by atoms with Gasteiger partial charge in [0, 0.05) is 18.8 Å². The van der Waals surface area contributed by atoms with Crippen molar-refractivity contribution in [3.8, 4) is 5.75 Å². The minimum absolute atomic E-state index is 0.0948. The third kappa shape index (κ3) is 8.22. The van der Waals surface area contributed by atoms with Crippen molar-refractivity contribution in [1.29, 1.82) is 0 Å². The predicted octanol–water partition coefficient (Wildman–Crippen LogP) is 5.30. The lowest BCUT2D eigenvalue weighted by Gasteiger charge is -2.40. The van der Waals surface area contributed by atoms with Gasteiger partial charge in [-0.15, -0.1) is 0 Å². The zero-order valence-electron chi connectivity index (χ0n) is 24.4. The molecule has 2 aliphatic heterocycles. The Morgan fingerprint density at radius 2 is 1.90 bits per heavy atom. The van der Waals surface area contributed by atoms with Gasteiger partial charge < -0.3 is 29.3 Å². The molecular weight excluding hydrogens is 510 g/mol.